The van der Waals surface area contributed by atoms with Crippen molar-refractivity contribution in [3.05, 3.63) is 29.3 Å². The van der Waals surface area contributed by atoms with E-state index in [2.05, 4.69) is 5.32 Å². The van der Waals surface area contributed by atoms with Crippen molar-refractivity contribution in [3.63, 3.8) is 0 Å². The van der Waals surface area contributed by atoms with Gasteiger partial charge in [-0.3, -0.25) is 4.79 Å². The normalized spacial score (nSPS) is 21.8. The number of hydrogen-bond acceptors (Lipinski definition) is 3. The zero-order chi connectivity index (χ0) is 15.6. The molecule has 1 aromatic rings. The first-order valence-electron chi connectivity index (χ1n) is 6.50. The number of halogens is 3. The lowest BCUT2D eigenvalue weighted by atomic mass is 10.0. The second-order valence-corrected chi connectivity index (χ2v) is 5.06. The van der Waals surface area contributed by atoms with Crippen molar-refractivity contribution in [2.45, 2.75) is 31.5 Å². The number of carbonyl (C=O) groups excluding carboxylic acids is 1. The summed E-state index contributed by atoms with van der Waals surface area (Å²) in [5.41, 5.74) is 4.63. The number of carbonyl (C=O) groups is 1. The minimum Gasteiger partial charge on any atom is -0.380 e. The quantitative estimate of drug-likeness (QED) is 0.900. The van der Waals surface area contributed by atoms with E-state index in [0.717, 1.165) is 18.6 Å². The van der Waals surface area contributed by atoms with E-state index < -0.39 is 17.6 Å². The third kappa shape index (κ3) is 3.27. The fourth-order valence-electron chi connectivity index (χ4n) is 2.61. The van der Waals surface area contributed by atoms with E-state index >= 15 is 0 Å². The highest BCUT2D eigenvalue weighted by Crippen LogP contribution is 2.33. The molecule has 1 aromatic carbocycles. The van der Waals surface area contributed by atoms with Crippen molar-refractivity contribution in [2.75, 3.05) is 5.32 Å². The molecule has 0 saturated heterocycles. The smallest absolute Gasteiger partial charge is 0.380 e. The summed E-state index contributed by atoms with van der Waals surface area (Å²) in [6, 6.07) is 4.44. The molecule has 0 spiro atoms. The molecule has 0 bridgehead atoms. The van der Waals surface area contributed by atoms with Gasteiger partial charge in [0.05, 0.1) is 22.7 Å². The number of nitrogens with two attached hydrogens (primary N) is 1. The highest BCUT2D eigenvalue weighted by Gasteiger charge is 2.33. The minimum absolute atomic E-state index is 0.0973. The van der Waals surface area contributed by atoms with Gasteiger partial charge < -0.3 is 11.1 Å². The van der Waals surface area contributed by atoms with Crippen LogP contribution in [0.5, 0.6) is 0 Å². The predicted octanol–water partition coefficient (Wildman–Crippen LogP) is 2.64. The standard InChI is InChI=1S/C14H14F3N3O/c15-14(16,17)9-4-5-11(8(6-9)7-18)20-12-3-1-2-10(12)13(19)21/h4-6,10,12,20H,1-3H2,(H2,19,21)/t10-,12+/m0/s1. The van der Waals surface area contributed by atoms with Gasteiger partial charge in [0.25, 0.3) is 0 Å². The van der Waals surface area contributed by atoms with Crippen molar-refractivity contribution in [1.82, 2.24) is 0 Å². The van der Waals surface area contributed by atoms with E-state index in [1.54, 1.807) is 6.07 Å². The molecule has 7 heteroatoms. The van der Waals surface area contributed by atoms with Gasteiger partial charge in [-0.2, -0.15) is 18.4 Å². The number of hydrogen-bond donors (Lipinski definition) is 2. The Balaban J connectivity index is 2.25. The molecule has 2 atom stereocenters. The highest BCUT2D eigenvalue weighted by atomic mass is 19.4. The van der Waals surface area contributed by atoms with E-state index in [-0.39, 0.29) is 17.5 Å². The molecule has 112 valence electrons. The van der Waals surface area contributed by atoms with Gasteiger partial charge in [0.15, 0.2) is 0 Å². The van der Waals surface area contributed by atoms with E-state index in [0.29, 0.717) is 18.5 Å². The predicted molar refractivity (Wildman–Crippen MR) is 70.1 cm³/mol. The van der Waals surface area contributed by atoms with Crippen molar-refractivity contribution < 1.29 is 18.0 Å². The number of nitrogens with one attached hydrogen (secondary N) is 1. The summed E-state index contributed by atoms with van der Waals surface area (Å²) in [5, 5.41) is 12.0. The Kier molecular flexibility index (Phi) is 4.07. The van der Waals surface area contributed by atoms with Crippen molar-refractivity contribution in [3.8, 4) is 6.07 Å². The third-order valence-electron chi connectivity index (χ3n) is 3.69. The molecule has 1 amide bonds. The number of primary amides is 1. The van der Waals surface area contributed by atoms with Crippen molar-refractivity contribution in [1.29, 1.82) is 5.26 Å². The fraction of sp³-hybridized carbons (Fsp3) is 0.429. The van der Waals surface area contributed by atoms with Crippen LogP contribution in [0.1, 0.15) is 30.4 Å². The van der Waals surface area contributed by atoms with E-state index in [4.69, 9.17) is 11.0 Å². The number of amides is 1. The van der Waals surface area contributed by atoms with Crippen LogP contribution in [0, 0.1) is 17.2 Å². The van der Waals surface area contributed by atoms with Gasteiger partial charge in [0.2, 0.25) is 5.91 Å². The maximum Gasteiger partial charge on any atom is 0.416 e. The van der Waals surface area contributed by atoms with E-state index in [9.17, 15) is 18.0 Å². The van der Waals surface area contributed by atoms with Crippen LogP contribution in [-0.2, 0) is 11.0 Å². The van der Waals surface area contributed by atoms with Crippen LogP contribution in [-0.4, -0.2) is 11.9 Å². The van der Waals surface area contributed by atoms with E-state index in [1.165, 1.54) is 6.07 Å². The molecular weight excluding hydrogens is 283 g/mol. The average molecular weight is 297 g/mol. The first-order chi connectivity index (χ1) is 9.82. The van der Waals surface area contributed by atoms with Crippen LogP contribution in [0.2, 0.25) is 0 Å². The van der Waals surface area contributed by atoms with Gasteiger partial charge >= 0.3 is 6.18 Å². The number of nitriles is 1. The lowest BCUT2D eigenvalue weighted by Gasteiger charge is -2.20. The maximum atomic E-state index is 12.6. The lowest BCUT2D eigenvalue weighted by Crippen LogP contribution is -2.34. The summed E-state index contributed by atoms with van der Waals surface area (Å²) in [6.45, 7) is 0. The molecule has 21 heavy (non-hydrogen) atoms. The summed E-state index contributed by atoms with van der Waals surface area (Å²) in [6.07, 6.45) is -2.34. The number of nitrogens with zero attached hydrogens (tertiary/aromatic N) is 1. The number of anilines is 1. The summed E-state index contributed by atoms with van der Waals surface area (Å²) in [7, 11) is 0. The monoisotopic (exact) mass is 297 g/mol. The van der Waals surface area contributed by atoms with Crippen molar-refractivity contribution >= 4 is 11.6 Å². The van der Waals surface area contributed by atoms with Crippen molar-refractivity contribution in [2.24, 2.45) is 11.7 Å². The summed E-state index contributed by atoms with van der Waals surface area (Å²) in [5.74, 6) is -0.797. The van der Waals surface area contributed by atoms with Crippen LogP contribution in [0.4, 0.5) is 18.9 Å². The van der Waals surface area contributed by atoms with Gasteiger partial charge in [-0.05, 0) is 31.0 Å². The first-order valence-corrected chi connectivity index (χ1v) is 6.50. The maximum absolute atomic E-state index is 12.6. The fourth-order valence-corrected chi connectivity index (χ4v) is 2.61. The van der Waals surface area contributed by atoms with Crippen LogP contribution in [0.15, 0.2) is 18.2 Å². The molecule has 0 aliphatic heterocycles. The zero-order valence-electron chi connectivity index (χ0n) is 11.1. The molecule has 4 nitrogen and oxygen atoms in total. The Morgan fingerprint density at radius 2 is 2.10 bits per heavy atom. The van der Waals surface area contributed by atoms with Gasteiger partial charge in [-0.1, -0.05) is 6.42 Å². The molecular formula is C14H14F3N3O. The van der Waals surface area contributed by atoms with Gasteiger partial charge in [0, 0.05) is 6.04 Å². The van der Waals surface area contributed by atoms with E-state index in [1.807, 2.05) is 0 Å². The topological polar surface area (TPSA) is 78.9 Å². The molecule has 0 unspecified atom stereocenters. The average Bonchev–Trinajstić information content (AvgIpc) is 2.86. The third-order valence-corrected chi connectivity index (χ3v) is 3.69. The Morgan fingerprint density at radius 1 is 1.38 bits per heavy atom. The Labute approximate surface area is 119 Å². The van der Waals surface area contributed by atoms with Crippen LogP contribution in [0.25, 0.3) is 0 Å². The molecule has 1 saturated carbocycles. The van der Waals surface area contributed by atoms with Crippen LogP contribution < -0.4 is 11.1 Å². The highest BCUT2D eigenvalue weighted by molar-refractivity contribution is 5.78. The summed E-state index contributed by atoms with van der Waals surface area (Å²) < 4.78 is 37.9. The van der Waals surface area contributed by atoms with Crippen LogP contribution in [0.3, 0.4) is 0 Å². The molecule has 2 rings (SSSR count). The number of benzene rings is 1. The first kappa shape index (κ1) is 15.2. The van der Waals surface area contributed by atoms with Gasteiger partial charge in [-0.15, -0.1) is 0 Å². The molecule has 0 radical (unpaired) electrons. The Bertz CT molecular complexity index is 592. The second-order valence-electron chi connectivity index (χ2n) is 5.06. The zero-order valence-corrected chi connectivity index (χ0v) is 11.1. The summed E-state index contributed by atoms with van der Waals surface area (Å²) >= 11 is 0. The summed E-state index contributed by atoms with van der Waals surface area (Å²) in [4.78, 5) is 11.3. The molecule has 1 aliphatic carbocycles. The van der Waals surface area contributed by atoms with Crippen LogP contribution >= 0.6 is 0 Å². The number of rotatable bonds is 3. The Hall–Kier alpha value is -2.23. The largest absolute Gasteiger partial charge is 0.416 e. The second kappa shape index (κ2) is 5.64. The molecule has 0 heterocycles. The molecule has 1 fully saturated rings. The number of alkyl halides is 3. The van der Waals surface area contributed by atoms with Gasteiger partial charge in [0.1, 0.15) is 6.07 Å². The molecule has 0 aromatic heterocycles. The SMILES string of the molecule is N#Cc1cc(C(F)(F)F)ccc1N[C@@H]1CCC[C@@H]1C(N)=O. The molecule has 1 aliphatic rings. The lowest BCUT2D eigenvalue weighted by molar-refractivity contribution is -0.137. The van der Waals surface area contributed by atoms with Gasteiger partial charge in [-0.25, -0.2) is 0 Å². The minimum atomic E-state index is -4.49. The Morgan fingerprint density at radius 3 is 2.67 bits per heavy atom. The molecule has 3 N–H and O–H groups in total.